The summed E-state index contributed by atoms with van der Waals surface area (Å²) in [7, 11) is 0. The summed E-state index contributed by atoms with van der Waals surface area (Å²) in [6, 6.07) is 56.5. The van der Waals surface area contributed by atoms with Gasteiger partial charge in [-0.3, -0.25) is 4.57 Å². The molecular weight excluding hydrogens is 745 g/mol. The van der Waals surface area contributed by atoms with Crippen LogP contribution >= 0.6 is 0 Å². The number of aromatic nitrogens is 4. The van der Waals surface area contributed by atoms with Crippen LogP contribution in [-0.4, -0.2) is 19.5 Å². The summed E-state index contributed by atoms with van der Waals surface area (Å²) in [6.07, 6.45) is 9.35. The highest BCUT2D eigenvalue weighted by atomic mass is 16.5. The molecule has 0 saturated heterocycles. The van der Waals surface area contributed by atoms with Crippen molar-refractivity contribution in [3.05, 3.63) is 215 Å². The zero-order valence-electron chi connectivity index (χ0n) is 34.1. The van der Waals surface area contributed by atoms with Crippen LogP contribution in [-0.2, 0) is 10.8 Å². The van der Waals surface area contributed by atoms with E-state index in [9.17, 15) is 0 Å². The SMILES string of the molecule is CC1(C)c2ccccc2-c2cc3c(cc21)c1ccc2c(c1n3-c1nc(-c3ccccc3)nc(-c3ccccc3)n1)C1C=CC=CC1(C)C21c2ccccc2Oc2ccccc21. The van der Waals surface area contributed by atoms with E-state index in [4.69, 9.17) is 19.7 Å². The van der Waals surface area contributed by atoms with E-state index in [1.54, 1.807) is 0 Å². The van der Waals surface area contributed by atoms with Crippen molar-refractivity contribution in [3.8, 4) is 51.3 Å². The summed E-state index contributed by atoms with van der Waals surface area (Å²) in [6.45, 7) is 7.17. The van der Waals surface area contributed by atoms with Gasteiger partial charge in [0.1, 0.15) is 11.5 Å². The second-order valence-electron chi connectivity index (χ2n) is 17.7. The van der Waals surface area contributed by atoms with E-state index >= 15 is 0 Å². The topological polar surface area (TPSA) is 52.8 Å². The number of hydrogen-bond donors (Lipinski definition) is 0. The van der Waals surface area contributed by atoms with Crippen LogP contribution < -0.4 is 4.74 Å². The van der Waals surface area contributed by atoms with Crippen molar-refractivity contribution in [2.45, 2.75) is 37.5 Å². The van der Waals surface area contributed by atoms with E-state index < -0.39 is 10.8 Å². The first-order valence-corrected chi connectivity index (χ1v) is 21.2. The number of hydrogen-bond acceptors (Lipinski definition) is 4. The lowest BCUT2D eigenvalue weighted by Gasteiger charge is -2.49. The Bertz CT molecular complexity index is 3290. The highest BCUT2D eigenvalue weighted by Crippen LogP contribution is 2.71. The molecular formula is C56H40N4O. The fraction of sp³-hybridized carbons (Fsp3) is 0.125. The van der Waals surface area contributed by atoms with Crippen molar-refractivity contribution in [3.63, 3.8) is 0 Å². The number of para-hydroxylation sites is 2. The first-order valence-electron chi connectivity index (χ1n) is 21.2. The Morgan fingerprint density at radius 1 is 0.525 bits per heavy atom. The molecule has 0 saturated carbocycles. The highest BCUT2D eigenvalue weighted by Gasteiger charge is 2.64. The predicted molar refractivity (Wildman–Crippen MR) is 245 cm³/mol. The average molecular weight is 785 g/mol. The summed E-state index contributed by atoms with van der Waals surface area (Å²) < 4.78 is 9.14. The maximum absolute atomic E-state index is 6.76. The molecule has 13 rings (SSSR count). The molecule has 0 N–H and O–H groups in total. The van der Waals surface area contributed by atoms with Crippen molar-refractivity contribution in [2.75, 3.05) is 0 Å². The molecule has 5 nitrogen and oxygen atoms in total. The molecule has 0 fully saturated rings. The molecule has 9 aromatic rings. The molecule has 61 heavy (non-hydrogen) atoms. The molecule has 3 aliphatic carbocycles. The monoisotopic (exact) mass is 784 g/mol. The standard InChI is InChI=1S/C56H40N4O/c1-54(2)40-23-11-10-22-36(40)38-33-46-39(32-45(38)54)37-29-30-44-49(50(37)60(46)53-58-51(34-18-6-4-7-19-34)57-52(59-53)35-20-8-5-9-21-35)43-26-16-17-31-55(43,3)56(44)41-24-12-14-27-47(41)61-48-28-15-13-25-42(48)56/h4-33,43H,1-3H3. The number of rotatable bonds is 3. The second kappa shape index (κ2) is 12.1. The van der Waals surface area contributed by atoms with Gasteiger partial charge in [0.05, 0.1) is 16.4 Å². The lowest BCUT2D eigenvalue weighted by molar-refractivity contribution is 0.264. The molecule has 7 aromatic carbocycles. The number of benzene rings is 7. The molecule has 2 aromatic heterocycles. The molecule has 0 amide bonds. The van der Waals surface area contributed by atoms with E-state index in [1.165, 1.54) is 55.3 Å². The smallest absolute Gasteiger partial charge is 0.238 e. The highest BCUT2D eigenvalue weighted by molar-refractivity contribution is 6.13. The van der Waals surface area contributed by atoms with E-state index in [-0.39, 0.29) is 11.3 Å². The molecule has 4 aliphatic rings. The van der Waals surface area contributed by atoms with Crippen LogP contribution in [0.15, 0.2) is 182 Å². The van der Waals surface area contributed by atoms with Crippen LogP contribution in [0.25, 0.3) is 61.7 Å². The normalized spacial score (nSPS) is 19.2. The van der Waals surface area contributed by atoms with Crippen LogP contribution in [0.1, 0.15) is 60.1 Å². The zero-order valence-corrected chi connectivity index (χ0v) is 34.1. The van der Waals surface area contributed by atoms with Crippen LogP contribution in [0.2, 0.25) is 0 Å². The van der Waals surface area contributed by atoms with Crippen molar-refractivity contribution in [1.82, 2.24) is 19.5 Å². The third-order valence-corrected chi connectivity index (χ3v) is 14.4. The number of ether oxygens (including phenoxy) is 1. The van der Waals surface area contributed by atoms with Crippen molar-refractivity contribution in [1.29, 1.82) is 0 Å². The van der Waals surface area contributed by atoms with Crippen molar-refractivity contribution < 1.29 is 4.74 Å². The van der Waals surface area contributed by atoms with E-state index in [2.05, 4.69) is 171 Å². The molecule has 3 heterocycles. The maximum atomic E-state index is 6.76. The third-order valence-electron chi connectivity index (χ3n) is 14.4. The van der Waals surface area contributed by atoms with E-state index in [1.807, 2.05) is 36.4 Å². The van der Waals surface area contributed by atoms with Gasteiger partial charge >= 0.3 is 0 Å². The number of nitrogens with zero attached hydrogens (tertiary/aromatic N) is 4. The fourth-order valence-electron chi connectivity index (χ4n) is 11.7. The maximum Gasteiger partial charge on any atom is 0.238 e. The van der Waals surface area contributed by atoms with Gasteiger partial charge in [-0.25, -0.2) is 4.98 Å². The Labute approximate surface area is 354 Å². The Hall–Kier alpha value is -7.37. The molecule has 1 spiro atoms. The lowest BCUT2D eigenvalue weighted by atomic mass is 9.54. The Kier molecular flexibility index (Phi) is 6.85. The average Bonchev–Trinajstić information content (AvgIpc) is 3.84. The molecule has 0 radical (unpaired) electrons. The number of allylic oxidation sites excluding steroid dienone is 4. The number of fused-ring (bicyclic) bond motifs is 16. The molecule has 290 valence electrons. The Morgan fingerprint density at radius 3 is 1.80 bits per heavy atom. The van der Waals surface area contributed by atoms with Gasteiger partial charge in [0, 0.05) is 49.8 Å². The van der Waals surface area contributed by atoms with Gasteiger partial charge in [-0.15, -0.1) is 0 Å². The summed E-state index contributed by atoms with van der Waals surface area (Å²) >= 11 is 0. The van der Waals surface area contributed by atoms with Gasteiger partial charge in [-0.2, -0.15) is 9.97 Å². The minimum atomic E-state index is -0.568. The first-order chi connectivity index (χ1) is 29.9. The van der Waals surface area contributed by atoms with Crippen LogP contribution in [0.3, 0.4) is 0 Å². The largest absolute Gasteiger partial charge is 0.457 e. The van der Waals surface area contributed by atoms with E-state index in [0.29, 0.717) is 17.6 Å². The van der Waals surface area contributed by atoms with Gasteiger partial charge in [0.15, 0.2) is 11.6 Å². The second-order valence-corrected chi connectivity index (χ2v) is 17.7. The predicted octanol–water partition coefficient (Wildman–Crippen LogP) is 13.3. The Balaban J connectivity index is 1.22. The van der Waals surface area contributed by atoms with Crippen molar-refractivity contribution >= 4 is 21.8 Å². The van der Waals surface area contributed by atoms with Crippen LogP contribution in [0.4, 0.5) is 0 Å². The van der Waals surface area contributed by atoms with Gasteiger partial charge in [0.2, 0.25) is 5.95 Å². The first kappa shape index (κ1) is 34.5. The summed E-state index contributed by atoms with van der Waals surface area (Å²) in [5.74, 6) is 3.66. The summed E-state index contributed by atoms with van der Waals surface area (Å²) in [4.78, 5) is 16.0. The fourth-order valence-corrected chi connectivity index (χ4v) is 11.7. The molecule has 2 atom stereocenters. The molecule has 5 heteroatoms. The molecule has 1 aliphatic heterocycles. The van der Waals surface area contributed by atoms with Crippen LogP contribution in [0.5, 0.6) is 11.5 Å². The minimum Gasteiger partial charge on any atom is -0.457 e. The summed E-state index contributed by atoms with van der Waals surface area (Å²) in [5, 5.41) is 2.37. The van der Waals surface area contributed by atoms with Gasteiger partial charge in [-0.05, 0) is 57.6 Å². The zero-order chi connectivity index (χ0) is 40.7. The quantitative estimate of drug-likeness (QED) is 0.179. The van der Waals surface area contributed by atoms with Crippen LogP contribution in [0, 0.1) is 5.41 Å². The van der Waals surface area contributed by atoms with Gasteiger partial charge in [0.25, 0.3) is 0 Å². The lowest BCUT2D eigenvalue weighted by Crippen LogP contribution is -2.45. The van der Waals surface area contributed by atoms with Gasteiger partial charge < -0.3 is 4.74 Å². The molecule has 2 unspecified atom stereocenters. The third kappa shape index (κ3) is 4.37. The summed E-state index contributed by atoms with van der Waals surface area (Å²) in [5.41, 5.74) is 13.1. The molecule has 0 bridgehead atoms. The Morgan fingerprint density at radius 2 is 1.13 bits per heavy atom. The van der Waals surface area contributed by atoms with Crippen molar-refractivity contribution in [2.24, 2.45) is 5.41 Å². The van der Waals surface area contributed by atoms with Gasteiger partial charge in [-0.1, -0.05) is 179 Å². The minimum absolute atomic E-state index is 0.00603. The van der Waals surface area contributed by atoms with E-state index in [0.717, 1.165) is 33.7 Å².